The molecule has 0 fully saturated rings. The number of ether oxygens (including phenoxy) is 1. The summed E-state index contributed by atoms with van der Waals surface area (Å²) < 4.78 is 5.22. The van der Waals surface area contributed by atoms with Crippen molar-refractivity contribution < 1.29 is 9.53 Å². The van der Waals surface area contributed by atoms with Crippen LogP contribution in [0.25, 0.3) is 11.3 Å². The lowest BCUT2D eigenvalue weighted by molar-refractivity contribution is 0.102. The fourth-order valence-corrected chi connectivity index (χ4v) is 2.80. The number of hydrogen-bond acceptors (Lipinski definition) is 3. The summed E-state index contributed by atoms with van der Waals surface area (Å²) in [6.07, 6.45) is 0.799. The highest BCUT2D eigenvalue weighted by atomic mass is 16.5. The lowest BCUT2D eigenvalue weighted by Crippen LogP contribution is -2.13. The van der Waals surface area contributed by atoms with Crippen LogP contribution in [0, 0.1) is 5.92 Å². The van der Waals surface area contributed by atoms with Crippen LogP contribution in [0.1, 0.15) is 29.9 Å². The third-order valence-corrected chi connectivity index (χ3v) is 4.09. The van der Waals surface area contributed by atoms with Crippen LogP contribution in [0.4, 0.5) is 5.69 Å². The molecule has 1 amide bonds. The third-order valence-electron chi connectivity index (χ3n) is 4.09. The number of rotatable bonds is 6. The highest BCUT2D eigenvalue weighted by molar-refractivity contribution is 6.06. The minimum atomic E-state index is -0.147. The maximum absolute atomic E-state index is 12.7. The van der Waals surface area contributed by atoms with E-state index in [1.165, 1.54) is 0 Å². The van der Waals surface area contributed by atoms with Gasteiger partial charge in [-0.3, -0.25) is 9.89 Å². The minimum absolute atomic E-state index is 0.147. The van der Waals surface area contributed by atoms with E-state index < -0.39 is 0 Å². The predicted molar refractivity (Wildman–Crippen MR) is 104 cm³/mol. The number of amides is 1. The number of anilines is 1. The lowest BCUT2D eigenvalue weighted by atomic mass is 10.0. The van der Waals surface area contributed by atoms with Crippen LogP contribution < -0.4 is 10.1 Å². The van der Waals surface area contributed by atoms with E-state index in [2.05, 4.69) is 29.4 Å². The second-order valence-corrected chi connectivity index (χ2v) is 6.57. The Bertz CT molecular complexity index is 868. The van der Waals surface area contributed by atoms with Gasteiger partial charge in [0, 0.05) is 11.1 Å². The van der Waals surface area contributed by atoms with E-state index in [1.54, 1.807) is 19.2 Å². The van der Waals surface area contributed by atoms with Gasteiger partial charge < -0.3 is 10.1 Å². The summed E-state index contributed by atoms with van der Waals surface area (Å²) in [4.78, 5) is 12.7. The van der Waals surface area contributed by atoms with Crippen LogP contribution in [0.3, 0.4) is 0 Å². The van der Waals surface area contributed by atoms with Gasteiger partial charge in [-0.1, -0.05) is 32.0 Å². The molecule has 0 unspecified atom stereocenters. The van der Waals surface area contributed by atoms with E-state index in [-0.39, 0.29) is 5.91 Å². The molecule has 3 aromatic rings. The number of aromatic amines is 1. The number of carbonyl (C=O) groups is 1. The van der Waals surface area contributed by atoms with Gasteiger partial charge in [0.1, 0.15) is 11.4 Å². The first-order valence-electron chi connectivity index (χ1n) is 8.66. The molecule has 134 valence electrons. The molecule has 0 radical (unpaired) electrons. The molecule has 5 nitrogen and oxygen atoms in total. The fourth-order valence-electron chi connectivity index (χ4n) is 2.80. The molecule has 0 aliphatic carbocycles. The molecule has 5 heteroatoms. The van der Waals surface area contributed by atoms with Crippen molar-refractivity contribution in [1.82, 2.24) is 10.2 Å². The smallest absolute Gasteiger partial charge is 0.255 e. The monoisotopic (exact) mass is 349 g/mol. The normalized spacial score (nSPS) is 10.8. The molecular formula is C21H23N3O2. The second-order valence-electron chi connectivity index (χ2n) is 6.57. The van der Waals surface area contributed by atoms with Gasteiger partial charge in [-0.05, 0) is 48.7 Å². The van der Waals surface area contributed by atoms with Gasteiger partial charge >= 0.3 is 0 Å². The maximum atomic E-state index is 12.7. The van der Waals surface area contributed by atoms with Gasteiger partial charge in [-0.25, -0.2) is 0 Å². The Morgan fingerprint density at radius 1 is 1.12 bits per heavy atom. The van der Waals surface area contributed by atoms with Crippen LogP contribution in [0.2, 0.25) is 0 Å². The molecule has 0 aliphatic heterocycles. The van der Waals surface area contributed by atoms with E-state index in [0.29, 0.717) is 11.5 Å². The molecule has 0 aliphatic rings. The Morgan fingerprint density at radius 3 is 2.42 bits per heavy atom. The molecule has 1 aromatic heterocycles. The first-order chi connectivity index (χ1) is 12.6. The van der Waals surface area contributed by atoms with Crippen LogP contribution in [-0.2, 0) is 6.42 Å². The number of methoxy groups -OCH3 is 1. The summed E-state index contributed by atoms with van der Waals surface area (Å²) in [6.45, 7) is 4.27. The summed E-state index contributed by atoms with van der Waals surface area (Å²) in [7, 11) is 1.63. The Hall–Kier alpha value is -3.08. The molecule has 0 saturated carbocycles. The van der Waals surface area contributed by atoms with Crippen molar-refractivity contribution in [3.8, 4) is 17.0 Å². The van der Waals surface area contributed by atoms with E-state index in [1.807, 2.05) is 42.5 Å². The second kappa shape index (κ2) is 7.87. The zero-order chi connectivity index (χ0) is 18.5. The van der Waals surface area contributed by atoms with E-state index in [4.69, 9.17) is 4.74 Å². The van der Waals surface area contributed by atoms with Gasteiger partial charge in [0.2, 0.25) is 0 Å². The molecule has 2 aromatic carbocycles. The van der Waals surface area contributed by atoms with Gasteiger partial charge in [-0.15, -0.1) is 0 Å². The largest absolute Gasteiger partial charge is 0.497 e. The number of aromatic nitrogens is 2. The quantitative estimate of drug-likeness (QED) is 0.687. The summed E-state index contributed by atoms with van der Waals surface area (Å²) >= 11 is 0. The van der Waals surface area contributed by atoms with E-state index >= 15 is 0 Å². The fraction of sp³-hybridized carbons (Fsp3) is 0.238. The Balaban J connectivity index is 1.97. The first kappa shape index (κ1) is 17.7. The number of nitrogens with zero attached hydrogens (tertiary/aromatic N) is 1. The Morgan fingerprint density at radius 2 is 1.81 bits per heavy atom. The van der Waals surface area contributed by atoms with Gasteiger partial charge in [-0.2, -0.15) is 5.10 Å². The number of hydrogen-bond donors (Lipinski definition) is 2. The van der Waals surface area contributed by atoms with Crippen molar-refractivity contribution in [3.63, 3.8) is 0 Å². The lowest BCUT2D eigenvalue weighted by Gasteiger charge is -2.10. The summed E-state index contributed by atoms with van der Waals surface area (Å²) in [5.41, 5.74) is 3.92. The summed E-state index contributed by atoms with van der Waals surface area (Å²) in [5, 5.41) is 10.6. The van der Waals surface area contributed by atoms with Crippen molar-refractivity contribution >= 4 is 11.6 Å². The first-order valence-corrected chi connectivity index (χ1v) is 8.66. The summed E-state index contributed by atoms with van der Waals surface area (Å²) in [5.74, 6) is 1.07. The van der Waals surface area contributed by atoms with Crippen molar-refractivity contribution in [2.24, 2.45) is 5.92 Å². The molecular weight excluding hydrogens is 326 g/mol. The number of nitrogens with one attached hydrogen (secondary N) is 2. The number of H-pyrrole nitrogens is 1. The molecule has 0 atom stereocenters. The van der Waals surface area contributed by atoms with Crippen molar-refractivity contribution in [2.45, 2.75) is 20.3 Å². The molecule has 1 heterocycles. The Kier molecular flexibility index (Phi) is 5.37. The summed E-state index contributed by atoms with van der Waals surface area (Å²) in [6, 6.07) is 16.8. The van der Waals surface area contributed by atoms with Crippen molar-refractivity contribution in [1.29, 1.82) is 0 Å². The zero-order valence-electron chi connectivity index (χ0n) is 15.2. The zero-order valence-corrected chi connectivity index (χ0v) is 15.2. The maximum Gasteiger partial charge on any atom is 0.255 e. The van der Waals surface area contributed by atoms with Crippen molar-refractivity contribution in [2.75, 3.05) is 12.4 Å². The van der Waals surface area contributed by atoms with E-state index in [9.17, 15) is 4.79 Å². The molecule has 0 spiro atoms. The molecule has 3 rings (SSSR count). The van der Waals surface area contributed by atoms with Gasteiger partial charge in [0.05, 0.1) is 18.5 Å². The highest BCUT2D eigenvalue weighted by Crippen LogP contribution is 2.31. The predicted octanol–water partition coefficient (Wildman–Crippen LogP) is 4.54. The van der Waals surface area contributed by atoms with Gasteiger partial charge in [0.25, 0.3) is 5.91 Å². The minimum Gasteiger partial charge on any atom is -0.497 e. The van der Waals surface area contributed by atoms with Crippen LogP contribution >= 0.6 is 0 Å². The molecule has 0 bridgehead atoms. The SMILES string of the molecule is COc1ccc(-c2n[nH]c(CC(C)C)c2NC(=O)c2ccccc2)cc1. The molecule has 0 saturated heterocycles. The standard InChI is InChI=1S/C21H23N3O2/c1-14(2)13-18-20(22-21(25)16-7-5-4-6-8-16)19(24-23-18)15-9-11-17(26-3)12-10-15/h4-12,14H,13H2,1-3H3,(H,22,25)(H,23,24). The number of benzene rings is 2. The Labute approximate surface area is 153 Å². The number of carbonyl (C=O) groups excluding carboxylic acids is 1. The average molecular weight is 349 g/mol. The molecule has 2 N–H and O–H groups in total. The highest BCUT2D eigenvalue weighted by Gasteiger charge is 2.18. The van der Waals surface area contributed by atoms with Gasteiger partial charge in [0.15, 0.2) is 0 Å². The van der Waals surface area contributed by atoms with Crippen LogP contribution in [-0.4, -0.2) is 23.2 Å². The van der Waals surface area contributed by atoms with Crippen molar-refractivity contribution in [3.05, 3.63) is 65.9 Å². The topological polar surface area (TPSA) is 67.0 Å². The molecule has 26 heavy (non-hydrogen) atoms. The van der Waals surface area contributed by atoms with Crippen LogP contribution in [0.5, 0.6) is 5.75 Å². The van der Waals surface area contributed by atoms with Crippen LogP contribution in [0.15, 0.2) is 54.6 Å². The van der Waals surface area contributed by atoms with E-state index in [0.717, 1.165) is 34.8 Å². The average Bonchev–Trinajstić information content (AvgIpc) is 3.04. The third kappa shape index (κ3) is 3.94.